The van der Waals surface area contributed by atoms with Gasteiger partial charge < -0.3 is 20.1 Å². The molecule has 1 aliphatic heterocycles. The van der Waals surface area contributed by atoms with Crippen molar-refractivity contribution in [2.75, 3.05) is 18.4 Å². The van der Waals surface area contributed by atoms with Crippen molar-refractivity contribution in [3.05, 3.63) is 58.6 Å². The number of hydrogen-bond donors (Lipinski definition) is 2. The number of urea groups is 1. The first-order valence-electron chi connectivity index (χ1n) is 9.13. The summed E-state index contributed by atoms with van der Waals surface area (Å²) in [5.74, 6) is -0.484. The third kappa shape index (κ3) is 5.22. The van der Waals surface area contributed by atoms with Crippen LogP contribution in [0.25, 0.3) is 0 Å². The number of aliphatic carboxylic acids is 1. The number of carboxylic acid groups (broad SMARTS) is 1. The molecular weight excluding hydrogens is 378 g/mol. The maximum absolute atomic E-state index is 12.6. The van der Waals surface area contributed by atoms with Crippen LogP contribution in [0.1, 0.15) is 13.3 Å². The molecule has 0 aromatic heterocycles. The molecule has 29 heavy (non-hydrogen) atoms. The standard InChI is InChI=1S/C20H21N3O6/c1-13-9-14(19(24)25)12-22(11-13)20(26)21-15-3-2-4-18(10-15)29-17-7-5-16(6-8-17)23(27)28/h2-8,10,13-14H,9,11-12H2,1H3,(H,21,26)(H,24,25). The van der Waals surface area contributed by atoms with Crippen molar-refractivity contribution in [2.24, 2.45) is 11.8 Å². The van der Waals surface area contributed by atoms with E-state index in [-0.39, 0.29) is 24.2 Å². The number of nitrogens with zero attached hydrogens (tertiary/aromatic N) is 2. The summed E-state index contributed by atoms with van der Waals surface area (Å²) in [6.07, 6.45) is 0.553. The SMILES string of the molecule is CC1CC(C(=O)O)CN(C(=O)Nc2cccc(Oc3ccc([N+](=O)[O-])cc3)c2)C1. The Kier molecular flexibility index (Phi) is 5.96. The Balaban J connectivity index is 1.65. The van der Waals surface area contributed by atoms with E-state index in [2.05, 4.69) is 5.32 Å². The lowest BCUT2D eigenvalue weighted by Crippen LogP contribution is -2.47. The Bertz CT molecular complexity index is 915. The van der Waals surface area contributed by atoms with E-state index in [1.165, 1.54) is 29.2 Å². The van der Waals surface area contributed by atoms with E-state index >= 15 is 0 Å². The number of carboxylic acids is 1. The van der Waals surface area contributed by atoms with Crippen LogP contribution < -0.4 is 10.1 Å². The number of carbonyl (C=O) groups excluding carboxylic acids is 1. The Morgan fingerprint density at radius 1 is 1.17 bits per heavy atom. The molecule has 0 radical (unpaired) electrons. The first-order valence-corrected chi connectivity index (χ1v) is 9.13. The average Bonchev–Trinajstić information content (AvgIpc) is 2.68. The number of nitro benzene ring substituents is 1. The summed E-state index contributed by atoms with van der Waals surface area (Å²) in [5.41, 5.74) is 0.466. The Morgan fingerprint density at radius 3 is 2.55 bits per heavy atom. The maximum Gasteiger partial charge on any atom is 0.321 e. The minimum absolute atomic E-state index is 0.0335. The summed E-state index contributed by atoms with van der Waals surface area (Å²) in [5, 5.41) is 22.7. The van der Waals surface area contributed by atoms with Crippen LogP contribution in [0, 0.1) is 22.0 Å². The quantitative estimate of drug-likeness (QED) is 0.580. The number of ether oxygens (including phenoxy) is 1. The van der Waals surface area contributed by atoms with Gasteiger partial charge in [0.25, 0.3) is 5.69 Å². The zero-order valence-electron chi connectivity index (χ0n) is 15.8. The van der Waals surface area contributed by atoms with Gasteiger partial charge >= 0.3 is 12.0 Å². The number of hydrogen-bond acceptors (Lipinski definition) is 5. The Labute approximate surface area is 167 Å². The Morgan fingerprint density at radius 2 is 1.90 bits per heavy atom. The number of likely N-dealkylation sites (tertiary alicyclic amines) is 1. The molecule has 0 saturated carbocycles. The molecule has 3 rings (SSSR count). The number of amides is 2. The number of piperidine rings is 1. The number of carbonyl (C=O) groups is 2. The molecule has 2 amide bonds. The highest BCUT2D eigenvalue weighted by molar-refractivity contribution is 5.90. The highest BCUT2D eigenvalue weighted by Crippen LogP contribution is 2.27. The van der Waals surface area contributed by atoms with Gasteiger partial charge in [-0.2, -0.15) is 0 Å². The predicted octanol–water partition coefficient (Wildman–Crippen LogP) is 3.96. The van der Waals surface area contributed by atoms with Crippen molar-refractivity contribution in [1.29, 1.82) is 0 Å². The highest BCUT2D eigenvalue weighted by Gasteiger charge is 2.31. The topological polar surface area (TPSA) is 122 Å². The first kappa shape index (κ1) is 20.1. The summed E-state index contributed by atoms with van der Waals surface area (Å²) in [7, 11) is 0. The van der Waals surface area contributed by atoms with Crippen LogP contribution >= 0.6 is 0 Å². The van der Waals surface area contributed by atoms with Gasteiger partial charge in [0.1, 0.15) is 11.5 Å². The van der Waals surface area contributed by atoms with Crippen LogP contribution in [-0.4, -0.2) is 40.0 Å². The number of rotatable bonds is 5. The van der Waals surface area contributed by atoms with E-state index < -0.39 is 16.8 Å². The molecule has 0 aliphatic carbocycles. The van der Waals surface area contributed by atoms with E-state index in [4.69, 9.17) is 4.74 Å². The molecule has 2 atom stereocenters. The van der Waals surface area contributed by atoms with E-state index in [1.54, 1.807) is 24.3 Å². The summed E-state index contributed by atoms with van der Waals surface area (Å²) in [4.78, 5) is 35.6. The molecule has 9 nitrogen and oxygen atoms in total. The molecule has 1 aliphatic rings. The number of anilines is 1. The van der Waals surface area contributed by atoms with Crippen LogP contribution in [0.4, 0.5) is 16.2 Å². The fourth-order valence-electron chi connectivity index (χ4n) is 3.31. The lowest BCUT2D eigenvalue weighted by Gasteiger charge is -2.34. The number of non-ortho nitro benzene ring substituents is 1. The van der Waals surface area contributed by atoms with Gasteiger partial charge in [-0.3, -0.25) is 14.9 Å². The van der Waals surface area contributed by atoms with Crippen LogP contribution in [0.15, 0.2) is 48.5 Å². The smallest absolute Gasteiger partial charge is 0.321 e. The van der Waals surface area contributed by atoms with Gasteiger partial charge in [0.05, 0.1) is 10.8 Å². The van der Waals surface area contributed by atoms with Crippen molar-refractivity contribution in [2.45, 2.75) is 13.3 Å². The zero-order chi connectivity index (χ0) is 21.0. The third-order valence-electron chi connectivity index (χ3n) is 4.66. The molecule has 0 spiro atoms. The summed E-state index contributed by atoms with van der Waals surface area (Å²) >= 11 is 0. The lowest BCUT2D eigenvalue weighted by atomic mass is 9.91. The minimum atomic E-state index is -0.896. The van der Waals surface area contributed by atoms with Crippen LogP contribution in [0.3, 0.4) is 0 Å². The summed E-state index contributed by atoms with van der Waals surface area (Å²) in [6.45, 7) is 2.59. The lowest BCUT2D eigenvalue weighted by molar-refractivity contribution is -0.384. The molecule has 0 bridgehead atoms. The van der Waals surface area contributed by atoms with Crippen molar-refractivity contribution < 1.29 is 24.4 Å². The Hall–Kier alpha value is -3.62. The zero-order valence-corrected chi connectivity index (χ0v) is 15.8. The fourth-order valence-corrected chi connectivity index (χ4v) is 3.31. The molecule has 1 saturated heterocycles. The molecule has 152 valence electrons. The summed E-state index contributed by atoms with van der Waals surface area (Å²) in [6, 6.07) is 12.0. The van der Waals surface area contributed by atoms with Gasteiger partial charge in [-0.15, -0.1) is 0 Å². The van der Waals surface area contributed by atoms with Crippen molar-refractivity contribution in [1.82, 2.24) is 4.90 Å². The molecule has 1 heterocycles. The minimum Gasteiger partial charge on any atom is -0.481 e. The second-order valence-electron chi connectivity index (χ2n) is 7.09. The second kappa shape index (κ2) is 8.59. The highest BCUT2D eigenvalue weighted by atomic mass is 16.6. The van der Waals surface area contributed by atoms with Gasteiger partial charge in [0.2, 0.25) is 0 Å². The molecule has 2 aromatic rings. The maximum atomic E-state index is 12.6. The van der Waals surface area contributed by atoms with Gasteiger partial charge in [-0.25, -0.2) is 4.79 Å². The third-order valence-corrected chi connectivity index (χ3v) is 4.66. The van der Waals surface area contributed by atoms with Crippen molar-refractivity contribution in [3.8, 4) is 11.5 Å². The van der Waals surface area contributed by atoms with Gasteiger partial charge in [0.15, 0.2) is 0 Å². The molecular formula is C20H21N3O6. The van der Waals surface area contributed by atoms with Crippen LogP contribution in [-0.2, 0) is 4.79 Å². The number of nitro groups is 1. The average molecular weight is 399 g/mol. The first-order chi connectivity index (χ1) is 13.8. The molecule has 9 heteroatoms. The fraction of sp³-hybridized carbons (Fsp3) is 0.300. The van der Waals surface area contributed by atoms with Crippen molar-refractivity contribution >= 4 is 23.4 Å². The normalized spacial score (nSPS) is 18.7. The molecule has 2 N–H and O–H groups in total. The molecule has 1 fully saturated rings. The number of nitrogens with one attached hydrogen (secondary N) is 1. The van der Waals surface area contributed by atoms with E-state index in [1.807, 2.05) is 6.92 Å². The van der Waals surface area contributed by atoms with Gasteiger partial charge in [0, 0.05) is 37.0 Å². The van der Waals surface area contributed by atoms with Gasteiger partial charge in [-0.1, -0.05) is 13.0 Å². The number of benzene rings is 2. The molecule has 2 aromatic carbocycles. The van der Waals surface area contributed by atoms with E-state index in [0.717, 1.165) is 0 Å². The largest absolute Gasteiger partial charge is 0.481 e. The monoisotopic (exact) mass is 399 g/mol. The summed E-state index contributed by atoms with van der Waals surface area (Å²) < 4.78 is 5.68. The van der Waals surface area contributed by atoms with E-state index in [0.29, 0.717) is 30.2 Å². The molecule has 2 unspecified atom stereocenters. The second-order valence-corrected chi connectivity index (χ2v) is 7.09. The van der Waals surface area contributed by atoms with Crippen LogP contribution in [0.5, 0.6) is 11.5 Å². The van der Waals surface area contributed by atoms with Crippen molar-refractivity contribution in [3.63, 3.8) is 0 Å². The van der Waals surface area contributed by atoms with Gasteiger partial charge in [-0.05, 0) is 36.6 Å². The van der Waals surface area contributed by atoms with E-state index in [9.17, 15) is 24.8 Å². The van der Waals surface area contributed by atoms with Crippen LogP contribution in [0.2, 0.25) is 0 Å². The predicted molar refractivity (Wildman–Crippen MR) is 105 cm³/mol.